The van der Waals surface area contributed by atoms with Gasteiger partial charge >= 0.3 is 12.1 Å². The normalized spacial score (nSPS) is 16.4. The summed E-state index contributed by atoms with van der Waals surface area (Å²) in [5.74, 6) is 0.898. The van der Waals surface area contributed by atoms with Crippen molar-refractivity contribution in [2.24, 2.45) is 0 Å². The van der Waals surface area contributed by atoms with E-state index in [1.165, 1.54) is 7.11 Å². The summed E-state index contributed by atoms with van der Waals surface area (Å²) in [7, 11) is 1.36. The fraction of sp³-hybridized carbons (Fsp3) is 0.667. The summed E-state index contributed by atoms with van der Waals surface area (Å²) in [6.45, 7) is 10.8. The van der Waals surface area contributed by atoms with E-state index in [9.17, 15) is 9.59 Å². The first kappa shape index (κ1) is 19.3. The number of hydrogen-bond acceptors (Lipinski definition) is 6. The standard InChI is InChI=1S/C18H28N2O5/c1-13-15(16(21)23-5)11-14(24-13)12-19-7-6-8-20(10-9-19)17(22)25-18(2,3)4/h11H,6-10,12H2,1-5H3. The minimum Gasteiger partial charge on any atom is -0.465 e. The maximum atomic E-state index is 12.2. The second-order valence-corrected chi connectivity index (χ2v) is 7.27. The Labute approximate surface area is 148 Å². The molecular weight excluding hydrogens is 324 g/mol. The lowest BCUT2D eigenvalue weighted by Crippen LogP contribution is -2.39. The smallest absolute Gasteiger partial charge is 0.410 e. The van der Waals surface area contributed by atoms with E-state index in [0.717, 1.165) is 25.3 Å². The van der Waals surface area contributed by atoms with Crippen molar-refractivity contribution < 1.29 is 23.5 Å². The SMILES string of the molecule is COC(=O)c1cc(CN2CCCN(C(=O)OC(C)(C)C)CC2)oc1C. The molecule has 7 nitrogen and oxygen atoms in total. The lowest BCUT2D eigenvalue weighted by Gasteiger charge is -2.26. The minimum absolute atomic E-state index is 0.267. The second kappa shape index (κ2) is 7.91. The number of carbonyl (C=O) groups is 2. The summed E-state index contributed by atoms with van der Waals surface area (Å²) in [6.07, 6.45) is 0.596. The van der Waals surface area contributed by atoms with Gasteiger partial charge in [0.2, 0.25) is 0 Å². The van der Waals surface area contributed by atoms with Gasteiger partial charge in [0.15, 0.2) is 0 Å². The molecule has 0 N–H and O–H groups in total. The molecule has 0 radical (unpaired) electrons. The van der Waals surface area contributed by atoms with Gasteiger partial charge in [0.05, 0.1) is 13.7 Å². The highest BCUT2D eigenvalue weighted by Gasteiger charge is 2.25. The number of ether oxygens (including phenoxy) is 2. The molecule has 140 valence electrons. The van der Waals surface area contributed by atoms with Crippen LogP contribution in [-0.4, -0.2) is 60.8 Å². The predicted molar refractivity (Wildman–Crippen MR) is 92.5 cm³/mol. The van der Waals surface area contributed by atoms with E-state index < -0.39 is 5.60 Å². The van der Waals surface area contributed by atoms with Gasteiger partial charge in [-0.1, -0.05) is 0 Å². The quantitative estimate of drug-likeness (QED) is 0.779. The number of hydrogen-bond donors (Lipinski definition) is 0. The highest BCUT2D eigenvalue weighted by Crippen LogP contribution is 2.18. The van der Waals surface area contributed by atoms with Gasteiger partial charge in [-0.3, -0.25) is 4.90 Å². The third kappa shape index (κ3) is 5.49. The van der Waals surface area contributed by atoms with Gasteiger partial charge in [-0.25, -0.2) is 9.59 Å². The van der Waals surface area contributed by atoms with Gasteiger partial charge in [0.1, 0.15) is 22.7 Å². The fourth-order valence-electron chi connectivity index (χ4n) is 2.79. The molecule has 0 aromatic carbocycles. The van der Waals surface area contributed by atoms with Crippen LogP contribution in [0.5, 0.6) is 0 Å². The predicted octanol–water partition coefficient (Wildman–Crippen LogP) is 2.82. The maximum absolute atomic E-state index is 12.2. The Bertz CT molecular complexity index is 617. The molecule has 1 aromatic rings. The lowest BCUT2D eigenvalue weighted by molar-refractivity contribution is 0.0257. The molecule has 0 aliphatic carbocycles. The molecule has 2 rings (SSSR count). The molecule has 0 saturated carbocycles. The molecule has 0 unspecified atom stereocenters. The number of esters is 1. The Morgan fingerprint density at radius 1 is 1.20 bits per heavy atom. The van der Waals surface area contributed by atoms with Crippen molar-refractivity contribution in [1.29, 1.82) is 0 Å². The van der Waals surface area contributed by atoms with Crippen LogP contribution in [0.3, 0.4) is 0 Å². The first-order chi connectivity index (χ1) is 11.7. The van der Waals surface area contributed by atoms with E-state index >= 15 is 0 Å². The highest BCUT2D eigenvalue weighted by atomic mass is 16.6. The van der Waals surface area contributed by atoms with Crippen LogP contribution in [0, 0.1) is 6.92 Å². The number of carbonyl (C=O) groups excluding carboxylic acids is 2. The summed E-state index contributed by atoms with van der Waals surface area (Å²) in [4.78, 5) is 27.8. The Morgan fingerprint density at radius 2 is 1.92 bits per heavy atom. The topological polar surface area (TPSA) is 72.2 Å². The van der Waals surface area contributed by atoms with Crippen LogP contribution >= 0.6 is 0 Å². The Hall–Kier alpha value is -2.02. The lowest BCUT2D eigenvalue weighted by atomic mass is 10.2. The Morgan fingerprint density at radius 3 is 2.56 bits per heavy atom. The summed E-state index contributed by atoms with van der Waals surface area (Å²) in [5, 5.41) is 0. The van der Waals surface area contributed by atoms with Gasteiger partial charge < -0.3 is 18.8 Å². The van der Waals surface area contributed by atoms with Gasteiger partial charge in [-0.05, 0) is 40.2 Å². The Kier molecular flexibility index (Phi) is 6.11. The van der Waals surface area contributed by atoms with E-state index in [-0.39, 0.29) is 12.1 Å². The van der Waals surface area contributed by atoms with Crippen molar-refractivity contribution >= 4 is 12.1 Å². The zero-order chi connectivity index (χ0) is 18.6. The highest BCUT2D eigenvalue weighted by molar-refractivity contribution is 5.90. The number of nitrogens with zero attached hydrogens (tertiary/aromatic N) is 2. The van der Waals surface area contributed by atoms with Crippen LogP contribution in [0.25, 0.3) is 0 Å². The molecule has 1 fully saturated rings. The summed E-state index contributed by atoms with van der Waals surface area (Å²) in [6, 6.07) is 1.73. The number of amides is 1. The average molecular weight is 352 g/mol. The third-order valence-electron chi connectivity index (χ3n) is 3.99. The van der Waals surface area contributed by atoms with Crippen molar-refractivity contribution in [2.45, 2.75) is 46.3 Å². The van der Waals surface area contributed by atoms with Gasteiger partial charge in [-0.15, -0.1) is 0 Å². The van der Waals surface area contributed by atoms with E-state index in [1.54, 1.807) is 17.9 Å². The van der Waals surface area contributed by atoms with Crippen molar-refractivity contribution in [3.63, 3.8) is 0 Å². The van der Waals surface area contributed by atoms with E-state index in [4.69, 9.17) is 13.9 Å². The van der Waals surface area contributed by atoms with Crippen LogP contribution in [0.2, 0.25) is 0 Å². The van der Waals surface area contributed by atoms with Gasteiger partial charge in [0, 0.05) is 26.2 Å². The largest absolute Gasteiger partial charge is 0.465 e. The molecule has 1 saturated heterocycles. The van der Waals surface area contributed by atoms with Crippen LogP contribution in [-0.2, 0) is 16.0 Å². The van der Waals surface area contributed by atoms with E-state index in [2.05, 4.69) is 4.90 Å². The molecule has 0 atom stereocenters. The molecule has 25 heavy (non-hydrogen) atoms. The maximum Gasteiger partial charge on any atom is 0.410 e. The first-order valence-corrected chi connectivity index (χ1v) is 8.57. The second-order valence-electron chi connectivity index (χ2n) is 7.27. The molecule has 1 amide bonds. The van der Waals surface area contributed by atoms with E-state index in [0.29, 0.717) is 31.0 Å². The molecule has 1 aliphatic heterocycles. The zero-order valence-electron chi connectivity index (χ0n) is 15.8. The van der Waals surface area contributed by atoms with Crippen molar-refractivity contribution in [2.75, 3.05) is 33.3 Å². The number of aryl methyl sites for hydroxylation is 1. The van der Waals surface area contributed by atoms with Crippen molar-refractivity contribution in [1.82, 2.24) is 9.80 Å². The third-order valence-corrected chi connectivity index (χ3v) is 3.99. The van der Waals surface area contributed by atoms with Crippen LogP contribution in [0.1, 0.15) is 49.1 Å². The summed E-state index contributed by atoms with van der Waals surface area (Å²) in [5.41, 5.74) is -0.0262. The fourth-order valence-corrected chi connectivity index (χ4v) is 2.79. The molecule has 1 aromatic heterocycles. The molecule has 2 heterocycles. The van der Waals surface area contributed by atoms with Crippen molar-refractivity contribution in [3.05, 3.63) is 23.2 Å². The van der Waals surface area contributed by atoms with Crippen LogP contribution < -0.4 is 0 Å². The van der Waals surface area contributed by atoms with Crippen LogP contribution in [0.15, 0.2) is 10.5 Å². The first-order valence-electron chi connectivity index (χ1n) is 8.57. The van der Waals surface area contributed by atoms with E-state index in [1.807, 2.05) is 20.8 Å². The molecule has 0 bridgehead atoms. The average Bonchev–Trinajstić information content (AvgIpc) is 2.72. The van der Waals surface area contributed by atoms with Gasteiger partial charge in [-0.2, -0.15) is 0 Å². The number of furan rings is 1. The van der Waals surface area contributed by atoms with Gasteiger partial charge in [0.25, 0.3) is 0 Å². The summed E-state index contributed by atoms with van der Waals surface area (Å²) >= 11 is 0. The van der Waals surface area contributed by atoms with Crippen molar-refractivity contribution in [3.8, 4) is 0 Å². The Balaban J connectivity index is 1.93. The molecule has 1 aliphatic rings. The number of rotatable bonds is 3. The minimum atomic E-state index is -0.487. The summed E-state index contributed by atoms with van der Waals surface area (Å²) < 4.78 is 15.9. The zero-order valence-corrected chi connectivity index (χ0v) is 15.8. The monoisotopic (exact) mass is 352 g/mol. The molecular formula is C18H28N2O5. The van der Waals surface area contributed by atoms with Crippen LogP contribution in [0.4, 0.5) is 4.79 Å². The molecule has 7 heteroatoms. The number of methoxy groups -OCH3 is 1. The molecule has 0 spiro atoms.